The van der Waals surface area contributed by atoms with Crippen molar-refractivity contribution in [2.75, 3.05) is 0 Å². The van der Waals surface area contributed by atoms with Crippen LogP contribution < -0.4 is 0 Å². The van der Waals surface area contributed by atoms with Crippen molar-refractivity contribution in [1.82, 2.24) is 14.7 Å². The van der Waals surface area contributed by atoms with Crippen molar-refractivity contribution in [3.63, 3.8) is 0 Å². The van der Waals surface area contributed by atoms with E-state index in [0.29, 0.717) is 43.1 Å². The van der Waals surface area contributed by atoms with Crippen LogP contribution >= 0.6 is 0 Å². The number of amides is 1. The second-order valence-corrected chi connectivity index (χ2v) is 14.3. The summed E-state index contributed by atoms with van der Waals surface area (Å²) in [5.74, 6) is 0.619. The molecule has 2 aromatic rings. The molecule has 3 heterocycles. The molecule has 1 saturated carbocycles. The average Bonchev–Trinajstić information content (AvgIpc) is 3.30. The minimum atomic E-state index is -0.442. The molecule has 1 saturated heterocycles. The number of ketones is 3. The van der Waals surface area contributed by atoms with E-state index in [1.807, 2.05) is 11.8 Å². The van der Waals surface area contributed by atoms with Crippen molar-refractivity contribution in [3.05, 3.63) is 29.0 Å². The molecular weight excluding hydrogens is 514 g/mol. The summed E-state index contributed by atoms with van der Waals surface area (Å²) < 4.78 is 1.74. The van der Waals surface area contributed by atoms with E-state index in [1.165, 1.54) is 5.56 Å². The van der Waals surface area contributed by atoms with Gasteiger partial charge in [0.1, 0.15) is 18.0 Å². The molecule has 7 nitrogen and oxygen atoms in total. The van der Waals surface area contributed by atoms with Gasteiger partial charge < -0.3 is 4.90 Å². The molecule has 1 aromatic carbocycles. The number of nitrogens with zero attached hydrogens (tertiary/aromatic N) is 3. The van der Waals surface area contributed by atoms with E-state index in [-0.39, 0.29) is 40.9 Å². The van der Waals surface area contributed by atoms with Crippen molar-refractivity contribution in [1.29, 1.82) is 0 Å². The van der Waals surface area contributed by atoms with Crippen molar-refractivity contribution in [2.24, 2.45) is 16.7 Å². The third-order valence-corrected chi connectivity index (χ3v) is 9.80. The van der Waals surface area contributed by atoms with Crippen molar-refractivity contribution in [3.8, 4) is 0 Å². The van der Waals surface area contributed by atoms with Gasteiger partial charge in [0.05, 0.1) is 11.6 Å². The van der Waals surface area contributed by atoms with Crippen LogP contribution in [0.4, 0.5) is 0 Å². The highest BCUT2D eigenvalue weighted by Gasteiger charge is 2.66. The normalized spacial score (nSPS) is 26.8. The molecular formula is C34H47N3O4. The Morgan fingerprint density at radius 2 is 1.83 bits per heavy atom. The first kappa shape index (κ1) is 29.7. The fourth-order valence-electron chi connectivity index (χ4n) is 7.71. The fraction of sp³-hybridized carbons (Fsp3) is 0.676. The molecule has 5 rings (SSSR count). The summed E-state index contributed by atoms with van der Waals surface area (Å²) in [6.45, 7) is 12.2. The number of rotatable bonds is 5. The lowest BCUT2D eigenvalue weighted by atomic mass is 9.80. The summed E-state index contributed by atoms with van der Waals surface area (Å²) in [7, 11) is 0. The maximum Gasteiger partial charge on any atom is 0.245 e. The Morgan fingerprint density at radius 3 is 2.51 bits per heavy atom. The topological polar surface area (TPSA) is 89.3 Å². The fourth-order valence-corrected chi connectivity index (χ4v) is 7.71. The Morgan fingerprint density at radius 1 is 1.07 bits per heavy atom. The number of aryl methyl sites for hydroxylation is 1. The molecule has 3 aliphatic rings. The highest BCUT2D eigenvalue weighted by atomic mass is 16.2. The number of hydrogen-bond donors (Lipinski definition) is 0. The highest BCUT2D eigenvalue weighted by Crippen LogP contribution is 2.62. The van der Waals surface area contributed by atoms with Crippen molar-refractivity contribution in [2.45, 2.75) is 131 Å². The lowest BCUT2D eigenvalue weighted by molar-refractivity contribution is -0.139. The predicted molar refractivity (Wildman–Crippen MR) is 160 cm³/mol. The highest BCUT2D eigenvalue weighted by molar-refractivity contribution is 6.06. The van der Waals surface area contributed by atoms with E-state index in [0.717, 1.165) is 61.4 Å². The molecule has 0 unspecified atom stereocenters. The van der Waals surface area contributed by atoms with E-state index in [9.17, 15) is 19.2 Å². The van der Waals surface area contributed by atoms with Crippen molar-refractivity contribution < 1.29 is 19.2 Å². The number of hydrogen-bond acceptors (Lipinski definition) is 5. The summed E-state index contributed by atoms with van der Waals surface area (Å²) in [5, 5.41) is 5.57. The van der Waals surface area contributed by atoms with Gasteiger partial charge in [0, 0.05) is 37.6 Å². The Hall–Kier alpha value is -2.83. The summed E-state index contributed by atoms with van der Waals surface area (Å²) >= 11 is 0. The number of carbonyl (C=O) groups is 4. The van der Waals surface area contributed by atoms with Gasteiger partial charge in [0.2, 0.25) is 5.91 Å². The first-order valence-corrected chi connectivity index (χ1v) is 15.7. The monoisotopic (exact) mass is 561 g/mol. The zero-order chi connectivity index (χ0) is 29.7. The summed E-state index contributed by atoms with van der Waals surface area (Å²) in [6, 6.07) is 3.88. The number of carbonyl (C=O) groups excluding carboxylic acids is 4. The largest absolute Gasteiger partial charge is 0.327 e. The molecule has 1 aliphatic carbocycles. The van der Waals surface area contributed by atoms with Crippen LogP contribution in [0.5, 0.6) is 0 Å². The standard InChI is InChI=1S/C34H47N3O4/c1-7-28(40)27-18-34-13-11-25(39)17-33(5,6)12-9-8-10-24-15-23(14-21(2)3)16-26-31(22(4)38)35-36(32(24)26)20-30(41)37(27)29(34)19-34/h15-16,21,27,29H,7-14,17-20H2,1-6H3/t27-,29+,34-/m0/s1. The molecule has 1 amide bonds. The molecule has 2 aliphatic heterocycles. The van der Waals surface area contributed by atoms with Gasteiger partial charge in [-0.2, -0.15) is 5.10 Å². The third-order valence-electron chi connectivity index (χ3n) is 9.80. The summed E-state index contributed by atoms with van der Waals surface area (Å²) in [5.41, 5.74) is 3.39. The van der Waals surface area contributed by atoms with Gasteiger partial charge in [0.25, 0.3) is 0 Å². The van der Waals surface area contributed by atoms with Crippen LogP contribution in [0, 0.1) is 16.7 Å². The Kier molecular flexibility index (Phi) is 8.03. The third kappa shape index (κ3) is 5.91. The molecule has 2 bridgehead atoms. The maximum atomic E-state index is 14.0. The Balaban J connectivity index is 1.59. The first-order chi connectivity index (χ1) is 19.3. The molecule has 0 N–H and O–H groups in total. The second kappa shape index (κ2) is 11.1. The van der Waals surface area contributed by atoms with E-state index < -0.39 is 6.04 Å². The van der Waals surface area contributed by atoms with Gasteiger partial charge in [-0.1, -0.05) is 47.1 Å². The summed E-state index contributed by atoms with van der Waals surface area (Å²) in [6.07, 6.45) is 8.35. The van der Waals surface area contributed by atoms with Crippen LogP contribution in [0.1, 0.15) is 121 Å². The number of aromatic nitrogens is 2. The molecule has 41 heavy (non-hydrogen) atoms. The van der Waals surface area contributed by atoms with Gasteiger partial charge in [-0.25, -0.2) is 0 Å². The molecule has 7 heteroatoms. The van der Waals surface area contributed by atoms with E-state index >= 15 is 0 Å². The van der Waals surface area contributed by atoms with Crippen LogP contribution in [-0.2, 0) is 33.8 Å². The first-order valence-electron chi connectivity index (χ1n) is 15.7. The Labute approximate surface area is 244 Å². The van der Waals surface area contributed by atoms with Crippen LogP contribution in [-0.4, -0.2) is 50.0 Å². The molecule has 1 aromatic heterocycles. The number of benzene rings is 1. The molecule has 3 atom stereocenters. The SMILES string of the molecule is CCC(=O)[C@@H]1C[C@]23CCC(=O)CC(C)(C)CCCCc4cc(CC(C)C)cc5c(C(C)=O)nn(c45)CC(=O)N1[C@@H]2C3. The molecule has 0 radical (unpaired) electrons. The number of Topliss-reactive ketones (excluding diaryl/α,β-unsaturated/α-hetero) is 3. The van der Waals surface area contributed by atoms with Crippen LogP contribution in [0.3, 0.4) is 0 Å². The lowest BCUT2D eigenvalue weighted by Crippen LogP contribution is -2.44. The molecule has 0 spiro atoms. The zero-order valence-electron chi connectivity index (χ0n) is 25.8. The summed E-state index contributed by atoms with van der Waals surface area (Å²) in [4.78, 5) is 54.8. The minimum absolute atomic E-state index is 0.00166. The average molecular weight is 562 g/mol. The van der Waals surface area contributed by atoms with Gasteiger partial charge in [0.15, 0.2) is 11.6 Å². The minimum Gasteiger partial charge on any atom is -0.327 e. The van der Waals surface area contributed by atoms with Crippen LogP contribution in [0.15, 0.2) is 12.1 Å². The lowest BCUT2D eigenvalue weighted by Gasteiger charge is -2.27. The van der Waals surface area contributed by atoms with Gasteiger partial charge in [-0.05, 0) is 78.9 Å². The van der Waals surface area contributed by atoms with Gasteiger partial charge in [-0.3, -0.25) is 23.9 Å². The molecule has 222 valence electrons. The van der Waals surface area contributed by atoms with E-state index in [4.69, 9.17) is 5.10 Å². The zero-order valence-corrected chi connectivity index (χ0v) is 25.8. The smallest absolute Gasteiger partial charge is 0.245 e. The quantitative estimate of drug-likeness (QED) is 0.402. The van der Waals surface area contributed by atoms with E-state index in [2.05, 4.69) is 39.8 Å². The molecule has 2 fully saturated rings. The van der Waals surface area contributed by atoms with E-state index in [1.54, 1.807) is 11.6 Å². The van der Waals surface area contributed by atoms with Crippen molar-refractivity contribution >= 4 is 34.2 Å². The predicted octanol–water partition coefficient (Wildman–Crippen LogP) is 6.27. The Bertz CT molecular complexity index is 1390. The van der Waals surface area contributed by atoms with Crippen LogP contribution in [0.2, 0.25) is 0 Å². The second-order valence-electron chi connectivity index (χ2n) is 14.3. The maximum absolute atomic E-state index is 14.0. The van der Waals surface area contributed by atoms with Gasteiger partial charge >= 0.3 is 0 Å². The van der Waals surface area contributed by atoms with Crippen LogP contribution in [0.25, 0.3) is 10.9 Å². The van der Waals surface area contributed by atoms with Gasteiger partial charge in [-0.15, -0.1) is 0 Å². The number of piperidine rings is 1.